The van der Waals surface area contributed by atoms with Crippen LogP contribution in [0.15, 0.2) is 68.4 Å². The number of hydrogen-bond acceptors (Lipinski definition) is 6. The van der Waals surface area contributed by atoms with Crippen molar-refractivity contribution in [3.63, 3.8) is 0 Å². The van der Waals surface area contributed by atoms with Crippen molar-refractivity contribution in [2.45, 2.75) is 6.54 Å². The maximum absolute atomic E-state index is 12.7. The van der Waals surface area contributed by atoms with E-state index in [1.54, 1.807) is 12.1 Å². The Morgan fingerprint density at radius 3 is 2.68 bits per heavy atom. The third-order valence-corrected chi connectivity index (χ3v) is 6.50. The molecule has 1 aliphatic heterocycles. The Kier molecular flexibility index (Phi) is 5.99. The monoisotopic (exact) mass is 518 g/mol. The number of furan rings is 1. The molecule has 1 fully saturated rings. The van der Waals surface area contributed by atoms with E-state index < -0.39 is 10.8 Å². The van der Waals surface area contributed by atoms with E-state index in [0.29, 0.717) is 22.1 Å². The Hall–Kier alpha value is -2.88. The van der Waals surface area contributed by atoms with Gasteiger partial charge in [0.1, 0.15) is 11.5 Å². The predicted octanol–water partition coefficient (Wildman–Crippen LogP) is 6.51. The lowest BCUT2D eigenvalue weighted by Gasteiger charge is -2.13. The summed E-state index contributed by atoms with van der Waals surface area (Å²) in [5.74, 6) is 0.216. The van der Waals surface area contributed by atoms with Gasteiger partial charge < -0.3 is 4.42 Å². The average Bonchev–Trinajstić information content (AvgIpc) is 3.30. The average molecular weight is 520 g/mol. The van der Waals surface area contributed by atoms with Crippen LogP contribution in [0.2, 0.25) is 5.02 Å². The van der Waals surface area contributed by atoms with Crippen LogP contribution in [-0.2, 0) is 11.3 Å². The van der Waals surface area contributed by atoms with Crippen molar-refractivity contribution < 1.29 is 18.9 Å². The van der Waals surface area contributed by atoms with Crippen LogP contribution in [0.5, 0.6) is 0 Å². The van der Waals surface area contributed by atoms with Gasteiger partial charge in [-0.2, -0.15) is 0 Å². The Balaban J connectivity index is 1.58. The van der Waals surface area contributed by atoms with Gasteiger partial charge in [0.25, 0.3) is 16.8 Å². The Bertz CT molecular complexity index is 1260. The number of nitrogens with zero attached hydrogens (tertiary/aromatic N) is 2. The van der Waals surface area contributed by atoms with Gasteiger partial charge in [-0.15, -0.1) is 0 Å². The summed E-state index contributed by atoms with van der Waals surface area (Å²) in [7, 11) is 0. The molecule has 0 spiro atoms. The van der Waals surface area contributed by atoms with Gasteiger partial charge in [-0.3, -0.25) is 24.6 Å². The molecule has 1 aliphatic rings. The van der Waals surface area contributed by atoms with E-state index in [-0.39, 0.29) is 22.4 Å². The molecule has 0 radical (unpaired) electrons. The van der Waals surface area contributed by atoms with Crippen LogP contribution >= 0.6 is 39.3 Å². The van der Waals surface area contributed by atoms with Crippen LogP contribution < -0.4 is 0 Å². The summed E-state index contributed by atoms with van der Waals surface area (Å²) in [4.78, 5) is 37.0. The van der Waals surface area contributed by atoms with Crippen molar-refractivity contribution in [2.24, 2.45) is 0 Å². The number of amides is 2. The molecule has 3 aromatic rings. The number of imide groups is 1. The van der Waals surface area contributed by atoms with Crippen LogP contribution in [-0.4, -0.2) is 21.0 Å². The maximum Gasteiger partial charge on any atom is 0.293 e. The van der Waals surface area contributed by atoms with Gasteiger partial charge in [0.2, 0.25) is 0 Å². The van der Waals surface area contributed by atoms with Gasteiger partial charge in [0.15, 0.2) is 0 Å². The number of nitro benzene ring substituents is 1. The predicted molar refractivity (Wildman–Crippen MR) is 121 cm³/mol. The van der Waals surface area contributed by atoms with Crippen molar-refractivity contribution in [3.05, 3.63) is 90.4 Å². The van der Waals surface area contributed by atoms with Gasteiger partial charge in [-0.05, 0) is 41.6 Å². The van der Waals surface area contributed by atoms with E-state index in [1.165, 1.54) is 24.3 Å². The summed E-state index contributed by atoms with van der Waals surface area (Å²) in [6, 6.07) is 14.6. The molecule has 2 amide bonds. The van der Waals surface area contributed by atoms with E-state index in [2.05, 4.69) is 15.9 Å². The molecular weight excluding hydrogens is 508 g/mol. The minimum Gasteiger partial charge on any atom is -0.457 e. The molecule has 0 bridgehead atoms. The fourth-order valence-electron chi connectivity index (χ4n) is 2.95. The quantitative estimate of drug-likeness (QED) is 0.217. The fourth-order valence-corrected chi connectivity index (χ4v) is 4.39. The summed E-state index contributed by atoms with van der Waals surface area (Å²) >= 11 is 10.4. The molecule has 0 aliphatic carbocycles. The number of carbonyl (C=O) groups excluding carboxylic acids is 2. The zero-order chi connectivity index (χ0) is 22.1. The van der Waals surface area contributed by atoms with Crippen LogP contribution in [0, 0.1) is 10.1 Å². The van der Waals surface area contributed by atoms with Crippen molar-refractivity contribution >= 4 is 62.2 Å². The molecule has 0 N–H and O–H groups in total. The van der Waals surface area contributed by atoms with Gasteiger partial charge in [-0.1, -0.05) is 45.7 Å². The molecule has 1 saturated heterocycles. The summed E-state index contributed by atoms with van der Waals surface area (Å²) in [6.45, 7) is 0.149. The van der Waals surface area contributed by atoms with Crippen LogP contribution in [0.3, 0.4) is 0 Å². The molecule has 1 aromatic heterocycles. The van der Waals surface area contributed by atoms with Gasteiger partial charge in [0, 0.05) is 28.2 Å². The van der Waals surface area contributed by atoms with Crippen molar-refractivity contribution in [3.8, 4) is 11.3 Å². The second-order valence-corrected chi connectivity index (χ2v) is 8.74. The second kappa shape index (κ2) is 8.70. The van der Waals surface area contributed by atoms with Gasteiger partial charge in [0.05, 0.1) is 21.4 Å². The number of non-ortho nitro benzene ring substituents is 1. The fraction of sp³-hybridized carbons (Fsp3) is 0.0476. The molecule has 0 unspecified atom stereocenters. The Labute approximate surface area is 193 Å². The van der Waals surface area contributed by atoms with Crippen LogP contribution in [0.4, 0.5) is 10.5 Å². The number of rotatable bonds is 5. The van der Waals surface area contributed by atoms with E-state index in [9.17, 15) is 19.7 Å². The molecule has 7 nitrogen and oxygen atoms in total. The third-order valence-electron chi connectivity index (χ3n) is 4.49. The molecular formula is C21H12BrClN2O5S. The Morgan fingerprint density at radius 1 is 1.16 bits per heavy atom. The highest BCUT2D eigenvalue weighted by molar-refractivity contribution is 9.10. The molecule has 0 atom stereocenters. The molecule has 31 heavy (non-hydrogen) atoms. The molecule has 2 aromatic carbocycles. The minimum absolute atomic E-state index is 0.120. The lowest BCUT2D eigenvalue weighted by molar-refractivity contribution is -0.384. The summed E-state index contributed by atoms with van der Waals surface area (Å²) in [5, 5.41) is 10.9. The zero-order valence-electron chi connectivity index (χ0n) is 15.6. The van der Waals surface area contributed by atoms with Gasteiger partial charge >= 0.3 is 0 Å². The largest absolute Gasteiger partial charge is 0.457 e. The van der Waals surface area contributed by atoms with Crippen LogP contribution in [0.1, 0.15) is 11.3 Å². The number of hydrogen-bond donors (Lipinski definition) is 0. The highest BCUT2D eigenvalue weighted by atomic mass is 79.9. The normalized spacial score (nSPS) is 15.2. The first kappa shape index (κ1) is 21.4. The first-order valence-corrected chi connectivity index (χ1v) is 10.8. The molecule has 10 heteroatoms. The molecule has 2 heterocycles. The third kappa shape index (κ3) is 4.43. The standard InChI is InChI=1S/C21H12BrClN2O5S/c22-16-4-2-1-3-12(16)11-24-20(26)19(31-21(24)27)10-14-6-8-18(30-14)15-9-13(25(28)29)5-7-17(15)23/h1-10H,11H2/b19-10-. The number of halogens is 2. The second-order valence-electron chi connectivity index (χ2n) is 6.48. The number of benzene rings is 2. The minimum atomic E-state index is -0.523. The SMILES string of the molecule is O=C1S/C(=C\c2ccc(-c3cc([N+](=O)[O-])ccc3Cl)o2)C(=O)N1Cc1ccccc1Br. The first-order chi connectivity index (χ1) is 14.8. The van der Waals surface area contributed by atoms with Crippen molar-refractivity contribution in [1.82, 2.24) is 4.90 Å². The van der Waals surface area contributed by atoms with Crippen molar-refractivity contribution in [2.75, 3.05) is 0 Å². The van der Waals surface area contributed by atoms with E-state index in [4.69, 9.17) is 16.0 Å². The molecule has 156 valence electrons. The smallest absolute Gasteiger partial charge is 0.293 e. The van der Waals surface area contributed by atoms with E-state index in [1.807, 2.05) is 24.3 Å². The summed E-state index contributed by atoms with van der Waals surface area (Å²) in [5.41, 5.74) is 1.05. The van der Waals surface area contributed by atoms with E-state index >= 15 is 0 Å². The van der Waals surface area contributed by atoms with Gasteiger partial charge in [-0.25, -0.2) is 0 Å². The summed E-state index contributed by atoms with van der Waals surface area (Å²) in [6.07, 6.45) is 1.47. The molecule has 0 saturated carbocycles. The highest BCUT2D eigenvalue weighted by Gasteiger charge is 2.35. The summed E-state index contributed by atoms with van der Waals surface area (Å²) < 4.78 is 6.53. The lowest BCUT2D eigenvalue weighted by Crippen LogP contribution is -2.27. The number of carbonyl (C=O) groups is 2. The first-order valence-electron chi connectivity index (χ1n) is 8.86. The Morgan fingerprint density at radius 2 is 1.94 bits per heavy atom. The number of nitro groups is 1. The van der Waals surface area contributed by atoms with E-state index in [0.717, 1.165) is 26.7 Å². The lowest BCUT2D eigenvalue weighted by atomic mass is 10.1. The molecule has 4 rings (SSSR count). The zero-order valence-corrected chi connectivity index (χ0v) is 18.7. The topological polar surface area (TPSA) is 93.7 Å². The maximum atomic E-state index is 12.7. The van der Waals surface area contributed by atoms with Crippen molar-refractivity contribution in [1.29, 1.82) is 0 Å². The highest BCUT2D eigenvalue weighted by Crippen LogP contribution is 2.36. The van der Waals surface area contributed by atoms with Crippen LogP contribution in [0.25, 0.3) is 17.4 Å². The number of thioether (sulfide) groups is 1.